The van der Waals surface area contributed by atoms with Gasteiger partial charge in [0.05, 0.1) is 5.56 Å². The third kappa shape index (κ3) is 2.09. The summed E-state index contributed by atoms with van der Waals surface area (Å²) in [5.41, 5.74) is 0.387. The Balaban J connectivity index is 2.50. The van der Waals surface area contributed by atoms with Crippen molar-refractivity contribution in [1.82, 2.24) is 9.97 Å². The summed E-state index contributed by atoms with van der Waals surface area (Å²) < 4.78 is 0. The first-order chi connectivity index (χ1) is 7.70. The van der Waals surface area contributed by atoms with Crippen LogP contribution in [-0.4, -0.2) is 16.2 Å². The maximum absolute atomic E-state index is 11.5. The van der Waals surface area contributed by atoms with Gasteiger partial charge in [-0.2, -0.15) is 0 Å². The van der Waals surface area contributed by atoms with E-state index >= 15 is 0 Å². The van der Waals surface area contributed by atoms with E-state index in [9.17, 15) is 9.59 Å². The van der Waals surface area contributed by atoms with Crippen LogP contribution in [0.25, 0.3) is 11.1 Å². The number of hydrogen-bond donors (Lipinski definition) is 2. The molecule has 1 aromatic carbocycles. The van der Waals surface area contributed by atoms with Gasteiger partial charge < -0.3 is 4.98 Å². The molecule has 0 spiro atoms. The first-order valence-electron chi connectivity index (χ1n) is 4.67. The molecule has 0 aliphatic heterocycles. The molecule has 0 aliphatic rings. The molecule has 82 valence electrons. The molecule has 0 bridgehead atoms. The second-order valence-corrected chi connectivity index (χ2v) is 4.09. The van der Waals surface area contributed by atoms with Gasteiger partial charge in [0, 0.05) is 11.1 Å². The number of H-pyrrole nitrogens is 2. The van der Waals surface area contributed by atoms with E-state index in [1.54, 1.807) is 11.8 Å². The number of benzene rings is 1. The Bertz CT molecular complexity index is 598. The predicted molar refractivity (Wildman–Crippen MR) is 64.9 cm³/mol. The van der Waals surface area contributed by atoms with Crippen LogP contribution in [0.1, 0.15) is 0 Å². The minimum absolute atomic E-state index is 0.374. The zero-order valence-electron chi connectivity index (χ0n) is 8.61. The van der Waals surface area contributed by atoms with E-state index in [0.717, 1.165) is 10.5 Å². The molecular formula is C11H10N2O2S. The molecule has 0 aliphatic carbocycles. The first-order valence-corrected chi connectivity index (χ1v) is 5.89. The highest BCUT2D eigenvalue weighted by Crippen LogP contribution is 2.19. The van der Waals surface area contributed by atoms with Gasteiger partial charge in [0.15, 0.2) is 0 Å². The lowest BCUT2D eigenvalue weighted by Gasteiger charge is -2.00. The van der Waals surface area contributed by atoms with Gasteiger partial charge in [0.25, 0.3) is 5.56 Å². The van der Waals surface area contributed by atoms with Gasteiger partial charge in [-0.1, -0.05) is 12.1 Å². The second kappa shape index (κ2) is 4.40. The van der Waals surface area contributed by atoms with Gasteiger partial charge in [0.2, 0.25) is 0 Å². The molecule has 0 unspecified atom stereocenters. The Morgan fingerprint density at radius 2 is 1.81 bits per heavy atom. The van der Waals surface area contributed by atoms with Crippen molar-refractivity contribution in [3.63, 3.8) is 0 Å². The molecule has 1 heterocycles. The molecule has 5 heteroatoms. The molecule has 0 amide bonds. The normalized spacial score (nSPS) is 10.3. The van der Waals surface area contributed by atoms with E-state index in [-0.39, 0.29) is 5.56 Å². The van der Waals surface area contributed by atoms with E-state index < -0.39 is 5.69 Å². The Morgan fingerprint density at radius 3 is 2.38 bits per heavy atom. The topological polar surface area (TPSA) is 65.7 Å². The number of thioether (sulfide) groups is 1. The van der Waals surface area contributed by atoms with E-state index in [1.807, 2.05) is 30.5 Å². The fourth-order valence-electron chi connectivity index (χ4n) is 1.39. The molecule has 0 saturated carbocycles. The van der Waals surface area contributed by atoms with Gasteiger partial charge >= 0.3 is 5.69 Å². The van der Waals surface area contributed by atoms with Crippen LogP contribution in [0.5, 0.6) is 0 Å². The van der Waals surface area contributed by atoms with E-state index in [0.29, 0.717) is 5.56 Å². The molecule has 2 N–H and O–H groups in total. The summed E-state index contributed by atoms with van der Waals surface area (Å²) in [4.78, 5) is 28.1. The molecule has 1 aromatic heterocycles. The van der Waals surface area contributed by atoms with Crippen LogP contribution in [0.3, 0.4) is 0 Å². The lowest BCUT2D eigenvalue weighted by molar-refractivity contribution is 1.04. The molecule has 0 saturated heterocycles. The molecule has 4 nitrogen and oxygen atoms in total. The Morgan fingerprint density at radius 1 is 1.12 bits per heavy atom. The molecule has 0 radical (unpaired) electrons. The largest absolute Gasteiger partial charge is 0.325 e. The number of rotatable bonds is 2. The molecule has 0 fully saturated rings. The van der Waals surface area contributed by atoms with E-state index in [4.69, 9.17) is 0 Å². The minimum atomic E-state index is -0.491. The van der Waals surface area contributed by atoms with Crippen molar-refractivity contribution in [2.75, 3.05) is 6.26 Å². The van der Waals surface area contributed by atoms with Gasteiger partial charge in [-0.3, -0.25) is 9.78 Å². The van der Waals surface area contributed by atoms with Crippen LogP contribution < -0.4 is 11.2 Å². The van der Waals surface area contributed by atoms with Crippen molar-refractivity contribution in [2.24, 2.45) is 0 Å². The van der Waals surface area contributed by atoms with Crippen LogP contribution >= 0.6 is 11.8 Å². The van der Waals surface area contributed by atoms with Crippen LogP contribution in [-0.2, 0) is 0 Å². The fourth-order valence-corrected chi connectivity index (χ4v) is 1.80. The average Bonchev–Trinajstić information content (AvgIpc) is 2.29. The summed E-state index contributed by atoms with van der Waals surface area (Å²) in [6.45, 7) is 0. The lowest BCUT2D eigenvalue weighted by atomic mass is 10.1. The molecule has 2 aromatic rings. The van der Waals surface area contributed by atoms with Gasteiger partial charge in [-0.05, 0) is 24.0 Å². The highest BCUT2D eigenvalue weighted by molar-refractivity contribution is 7.98. The van der Waals surface area contributed by atoms with Crippen LogP contribution in [0.2, 0.25) is 0 Å². The molecule has 16 heavy (non-hydrogen) atoms. The average molecular weight is 234 g/mol. The van der Waals surface area contributed by atoms with Crippen LogP contribution in [0.15, 0.2) is 44.9 Å². The monoisotopic (exact) mass is 234 g/mol. The zero-order chi connectivity index (χ0) is 11.5. The number of aromatic nitrogens is 2. The van der Waals surface area contributed by atoms with Crippen molar-refractivity contribution >= 4 is 11.8 Å². The van der Waals surface area contributed by atoms with Crippen molar-refractivity contribution in [1.29, 1.82) is 0 Å². The Labute approximate surface area is 95.7 Å². The third-order valence-corrected chi connectivity index (χ3v) is 2.96. The highest BCUT2D eigenvalue weighted by Gasteiger charge is 2.03. The fraction of sp³-hybridized carbons (Fsp3) is 0.0909. The smallest absolute Gasteiger partial charge is 0.313 e. The van der Waals surface area contributed by atoms with E-state index in [2.05, 4.69) is 9.97 Å². The maximum Gasteiger partial charge on any atom is 0.325 e. The molecular weight excluding hydrogens is 224 g/mol. The van der Waals surface area contributed by atoms with Gasteiger partial charge in [0.1, 0.15) is 0 Å². The van der Waals surface area contributed by atoms with Crippen molar-refractivity contribution in [2.45, 2.75) is 4.90 Å². The quantitative estimate of drug-likeness (QED) is 0.773. The third-order valence-electron chi connectivity index (χ3n) is 2.22. The number of hydrogen-bond acceptors (Lipinski definition) is 3. The van der Waals surface area contributed by atoms with Crippen LogP contribution in [0.4, 0.5) is 0 Å². The van der Waals surface area contributed by atoms with Crippen molar-refractivity contribution < 1.29 is 0 Å². The zero-order valence-corrected chi connectivity index (χ0v) is 9.43. The van der Waals surface area contributed by atoms with Gasteiger partial charge in [-0.15, -0.1) is 11.8 Å². The summed E-state index contributed by atoms with van der Waals surface area (Å²) >= 11 is 1.64. The van der Waals surface area contributed by atoms with E-state index in [1.165, 1.54) is 6.20 Å². The SMILES string of the molecule is CSc1ccc(-c2c[nH]c(=O)[nH]c2=O)cc1. The summed E-state index contributed by atoms with van der Waals surface area (Å²) in [5, 5.41) is 0. The summed E-state index contributed by atoms with van der Waals surface area (Å²) in [5.74, 6) is 0. The Hall–Kier alpha value is -1.75. The number of aromatic amines is 2. The summed E-state index contributed by atoms with van der Waals surface area (Å²) in [6.07, 6.45) is 3.41. The standard InChI is InChI=1S/C11H10N2O2S/c1-16-8-4-2-7(3-5-8)9-6-12-11(15)13-10(9)14/h2-6H,1H3,(H2,12,13,14,15). The summed E-state index contributed by atoms with van der Waals surface area (Å²) in [6, 6.07) is 7.58. The first kappa shape index (κ1) is 10.8. The molecule has 2 rings (SSSR count). The number of nitrogens with one attached hydrogen (secondary N) is 2. The minimum Gasteiger partial charge on any atom is -0.313 e. The predicted octanol–water partition coefficient (Wildman–Crippen LogP) is 1.45. The molecule has 0 atom stereocenters. The highest BCUT2D eigenvalue weighted by atomic mass is 32.2. The van der Waals surface area contributed by atoms with Gasteiger partial charge in [-0.25, -0.2) is 4.79 Å². The summed E-state index contributed by atoms with van der Waals surface area (Å²) in [7, 11) is 0. The van der Waals surface area contributed by atoms with Crippen LogP contribution in [0, 0.1) is 0 Å². The second-order valence-electron chi connectivity index (χ2n) is 3.21. The van der Waals surface area contributed by atoms with Crippen molar-refractivity contribution in [3.8, 4) is 11.1 Å². The lowest BCUT2D eigenvalue weighted by Crippen LogP contribution is -2.22. The maximum atomic E-state index is 11.5. The van der Waals surface area contributed by atoms with Crippen molar-refractivity contribution in [3.05, 3.63) is 51.3 Å². The Kier molecular flexibility index (Phi) is 2.96.